The summed E-state index contributed by atoms with van der Waals surface area (Å²) in [4.78, 5) is 1.31. The maximum Gasteiger partial charge on any atom is 0.0563 e. The van der Waals surface area contributed by atoms with Crippen LogP contribution in [0.15, 0.2) is 29.2 Å². The lowest BCUT2D eigenvalue weighted by Crippen LogP contribution is -2.11. The van der Waals surface area contributed by atoms with Gasteiger partial charge in [0.15, 0.2) is 0 Å². The Morgan fingerprint density at radius 1 is 1.18 bits per heavy atom. The lowest BCUT2D eigenvalue weighted by atomic mass is 10.1. The number of thioether (sulfide) groups is 1. The van der Waals surface area contributed by atoms with E-state index in [0.717, 1.165) is 12.4 Å². The van der Waals surface area contributed by atoms with Crippen molar-refractivity contribution in [3.63, 3.8) is 0 Å². The zero-order chi connectivity index (χ0) is 12.7. The third kappa shape index (κ3) is 5.57. The summed E-state index contributed by atoms with van der Waals surface area (Å²) in [5.41, 5.74) is 1.33. The van der Waals surface area contributed by atoms with Crippen molar-refractivity contribution in [1.82, 2.24) is 5.32 Å². The predicted molar refractivity (Wildman–Crippen MR) is 75.7 cm³/mol. The number of rotatable bonds is 7. The number of hydrogen-bond donors (Lipinski definition) is 1. The highest BCUT2D eigenvalue weighted by molar-refractivity contribution is 7.99. The number of hydrogen-bond acceptors (Lipinski definition) is 3. The monoisotopic (exact) mass is 253 g/mol. The van der Waals surface area contributed by atoms with Gasteiger partial charge in [-0.05, 0) is 45.5 Å². The Kier molecular flexibility index (Phi) is 6.63. The lowest BCUT2D eigenvalue weighted by Gasteiger charge is -2.11. The molecule has 0 bridgehead atoms. The van der Waals surface area contributed by atoms with Crippen LogP contribution >= 0.6 is 11.8 Å². The van der Waals surface area contributed by atoms with Crippen LogP contribution in [0.2, 0.25) is 0 Å². The van der Waals surface area contributed by atoms with Crippen LogP contribution in [0.3, 0.4) is 0 Å². The molecule has 0 saturated carbocycles. The smallest absolute Gasteiger partial charge is 0.0563 e. The molecule has 0 heterocycles. The second-order valence-electron chi connectivity index (χ2n) is 4.35. The van der Waals surface area contributed by atoms with E-state index in [-0.39, 0.29) is 0 Å². The standard InChI is InChI=1S/C14H23NOS/c1-11(2)16-9-10-17-14-7-5-13(6-8-14)12(3)15-4/h5-8,11-12,15H,9-10H2,1-4H3. The molecule has 0 aliphatic heterocycles. The van der Waals surface area contributed by atoms with Gasteiger partial charge in [0.2, 0.25) is 0 Å². The molecular weight excluding hydrogens is 230 g/mol. The second kappa shape index (κ2) is 7.75. The Morgan fingerprint density at radius 3 is 2.35 bits per heavy atom. The summed E-state index contributed by atoms with van der Waals surface area (Å²) in [6, 6.07) is 9.16. The quantitative estimate of drug-likeness (QED) is 0.594. The Labute approximate surface area is 109 Å². The van der Waals surface area contributed by atoms with Crippen molar-refractivity contribution >= 4 is 11.8 Å². The minimum atomic E-state index is 0.328. The summed E-state index contributed by atoms with van der Waals surface area (Å²) < 4.78 is 5.51. The highest BCUT2D eigenvalue weighted by Gasteiger charge is 2.02. The van der Waals surface area contributed by atoms with E-state index in [2.05, 4.69) is 50.4 Å². The third-order valence-corrected chi connectivity index (χ3v) is 3.59. The van der Waals surface area contributed by atoms with Gasteiger partial charge in [0.05, 0.1) is 12.7 Å². The Morgan fingerprint density at radius 2 is 1.82 bits per heavy atom. The van der Waals surface area contributed by atoms with E-state index in [1.807, 2.05) is 18.8 Å². The molecule has 1 aromatic rings. The van der Waals surface area contributed by atoms with E-state index < -0.39 is 0 Å². The van der Waals surface area contributed by atoms with Crippen LogP contribution in [-0.2, 0) is 4.74 Å². The number of ether oxygens (including phenoxy) is 1. The van der Waals surface area contributed by atoms with E-state index in [1.54, 1.807) is 0 Å². The van der Waals surface area contributed by atoms with Crippen molar-refractivity contribution in [2.24, 2.45) is 0 Å². The van der Waals surface area contributed by atoms with Crippen molar-refractivity contribution < 1.29 is 4.74 Å². The molecule has 0 aromatic heterocycles. The van der Waals surface area contributed by atoms with Crippen LogP contribution in [-0.4, -0.2) is 25.5 Å². The summed E-state index contributed by atoms with van der Waals surface area (Å²) in [5.74, 6) is 1.01. The predicted octanol–water partition coefficient (Wildman–Crippen LogP) is 3.48. The Bertz CT molecular complexity index is 311. The van der Waals surface area contributed by atoms with E-state index >= 15 is 0 Å². The number of nitrogens with one attached hydrogen (secondary N) is 1. The van der Waals surface area contributed by atoms with Crippen molar-refractivity contribution in [3.8, 4) is 0 Å². The Balaban J connectivity index is 2.35. The van der Waals surface area contributed by atoms with Gasteiger partial charge >= 0.3 is 0 Å². The zero-order valence-electron chi connectivity index (χ0n) is 11.2. The molecule has 0 saturated heterocycles. The van der Waals surface area contributed by atoms with Gasteiger partial charge in [0.1, 0.15) is 0 Å². The molecule has 1 N–H and O–H groups in total. The first-order chi connectivity index (χ1) is 8.13. The van der Waals surface area contributed by atoms with E-state index in [4.69, 9.17) is 4.74 Å². The second-order valence-corrected chi connectivity index (χ2v) is 5.52. The molecule has 96 valence electrons. The van der Waals surface area contributed by atoms with Gasteiger partial charge in [-0.3, -0.25) is 0 Å². The van der Waals surface area contributed by atoms with Crippen LogP contribution in [0.4, 0.5) is 0 Å². The van der Waals surface area contributed by atoms with E-state index in [9.17, 15) is 0 Å². The average Bonchev–Trinajstić information content (AvgIpc) is 2.34. The first-order valence-corrected chi connectivity index (χ1v) is 7.13. The first kappa shape index (κ1) is 14.6. The van der Waals surface area contributed by atoms with Gasteiger partial charge in [-0.2, -0.15) is 0 Å². The normalized spacial score (nSPS) is 13.0. The van der Waals surface area contributed by atoms with Crippen LogP contribution in [0.25, 0.3) is 0 Å². The van der Waals surface area contributed by atoms with Gasteiger partial charge in [-0.25, -0.2) is 0 Å². The molecule has 1 atom stereocenters. The maximum absolute atomic E-state index is 5.51. The fourth-order valence-electron chi connectivity index (χ4n) is 1.46. The minimum absolute atomic E-state index is 0.328. The molecule has 2 nitrogen and oxygen atoms in total. The topological polar surface area (TPSA) is 21.3 Å². The number of benzene rings is 1. The maximum atomic E-state index is 5.51. The Hall–Kier alpha value is -0.510. The SMILES string of the molecule is CNC(C)c1ccc(SCCOC(C)C)cc1. The minimum Gasteiger partial charge on any atom is -0.378 e. The van der Waals surface area contributed by atoms with Crippen molar-refractivity contribution in [3.05, 3.63) is 29.8 Å². The largest absolute Gasteiger partial charge is 0.378 e. The molecule has 0 aliphatic rings. The summed E-state index contributed by atoms with van der Waals surface area (Å²) in [7, 11) is 1.98. The first-order valence-electron chi connectivity index (χ1n) is 6.15. The molecular formula is C14H23NOS. The van der Waals surface area contributed by atoms with Gasteiger partial charge in [0.25, 0.3) is 0 Å². The molecule has 0 aliphatic carbocycles. The molecule has 0 amide bonds. The summed E-state index contributed by atoms with van der Waals surface area (Å²) in [6.45, 7) is 7.12. The summed E-state index contributed by atoms with van der Waals surface area (Å²) in [6.07, 6.45) is 0.328. The molecule has 0 radical (unpaired) electrons. The average molecular weight is 253 g/mol. The summed E-state index contributed by atoms with van der Waals surface area (Å²) in [5, 5.41) is 3.24. The molecule has 0 fully saturated rings. The zero-order valence-corrected chi connectivity index (χ0v) is 12.0. The van der Waals surface area contributed by atoms with Crippen molar-refractivity contribution in [2.75, 3.05) is 19.4 Å². The summed E-state index contributed by atoms with van der Waals surface area (Å²) >= 11 is 1.85. The van der Waals surface area contributed by atoms with Crippen LogP contribution in [0.5, 0.6) is 0 Å². The molecule has 1 unspecified atom stereocenters. The fraction of sp³-hybridized carbons (Fsp3) is 0.571. The van der Waals surface area contributed by atoms with Crippen LogP contribution < -0.4 is 5.32 Å². The van der Waals surface area contributed by atoms with Crippen LogP contribution in [0.1, 0.15) is 32.4 Å². The molecule has 0 spiro atoms. The van der Waals surface area contributed by atoms with Crippen molar-refractivity contribution in [1.29, 1.82) is 0 Å². The van der Waals surface area contributed by atoms with Gasteiger partial charge < -0.3 is 10.1 Å². The highest BCUT2D eigenvalue weighted by Crippen LogP contribution is 2.20. The van der Waals surface area contributed by atoms with E-state index in [0.29, 0.717) is 12.1 Å². The molecule has 17 heavy (non-hydrogen) atoms. The highest BCUT2D eigenvalue weighted by atomic mass is 32.2. The van der Waals surface area contributed by atoms with Gasteiger partial charge in [0, 0.05) is 16.7 Å². The third-order valence-electron chi connectivity index (χ3n) is 2.62. The van der Waals surface area contributed by atoms with Gasteiger partial charge in [-0.15, -0.1) is 11.8 Å². The van der Waals surface area contributed by atoms with E-state index in [1.165, 1.54) is 10.5 Å². The van der Waals surface area contributed by atoms with Crippen molar-refractivity contribution in [2.45, 2.75) is 37.8 Å². The van der Waals surface area contributed by atoms with Gasteiger partial charge in [-0.1, -0.05) is 12.1 Å². The molecule has 1 rings (SSSR count). The molecule has 3 heteroatoms. The lowest BCUT2D eigenvalue weighted by molar-refractivity contribution is 0.0920. The van der Waals surface area contributed by atoms with Crippen LogP contribution in [0, 0.1) is 0 Å². The molecule has 1 aromatic carbocycles. The fourth-order valence-corrected chi connectivity index (χ4v) is 2.21.